The quantitative estimate of drug-likeness (QED) is 0.723. The largest absolute Gasteiger partial charge is 0.494 e. The van der Waals surface area contributed by atoms with Crippen LogP contribution in [0.25, 0.3) is 22.1 Å². The van der Waals surface area contributed by atoms with Crippen molar-refractivity contribution in [2.75, 3.05) is 6.61 Å². The van der Waals surface area contributed by atoms with Gasteiger partial charge in [-0.05, 0) is 31.0 Å². The zero-order valence-corrected chi connectivity index (χ0v) is 12.1. The van der Waals surface area contributed by atoms with Crippen LogP contribution in [0.3, 0.4) is 0 Å². The van der Waals surface area contributed by atoms with Gasteiger partial charge in [-0.3, -0.25) is 4.79 Å². The Morgan fingerprint density at radius 2 is 1.90 bits per heavy atom. The minimum absolute atomic E-state index is 0.0111. The van der Waals surface area contributed by atoms with Gasteiger partial charge in [0.05, 0.1) is 17.6 Å². The maximum atomic E-state index is 12.7. The molecule has 0 fully saturated rings. The van der Waals surface area contributed by atoms with E-state index in [1.165, 1.54) is 6.26 Å². The third-order valence-electron chi connectivity index (χ3n) is 3.44. The Hall–Kier alpha value is -2.55. The molecule has 0 aliphatic rings. The van der Waals surface area contributed by atoms with E-state index in [0.717, 1.165) is 16.9 Å². The first kappa shape index (κ1) is 13.4. The number of benzene rings is 2. The topological polar surface area (TPSA) is 39.4 Å². The summed E-state index contributed by atoms with van der Waals surface area (Å²) in [6, 6.07) is 13.2. The molecule has 0 saturated heterocycles. The van der Waals surface area contributed by atoms with E-state index in [-0.39, 0.29) is 5.43 Å². The summed E-state index contributed by atoms with van der Waals surface area (Å²) in [6.07, 6.45) is 1.52. The van der Waals surface area contributed by atoms with Gasteiger partial charge in [0.2, 0.25) is 5.43 Å². The Bertz CT molecular complexity index is 832. The van der Waals surface area contributed by atoms with Crippen molar-refractivity contribution in [2.24, 2.45) is 0 Å². The molecule has 106 valence electrons. The summed E-state index contributed by atoms with van der Waals surface area (Å²) in [5.74, 6) is 0.720. The van der Waals surface area contributed by atoms with E-state index >= 15 is 0 Å². The van der Waals surface area contributed by atoms with Crippen LogP contribution in [-0.4, -0.2) is 6.61 Å². The number of aryl methyl sites for hydroxylation is 1. The van der Waals surface area contributed by atoms with Gasteiger partial charge in [-0.25, -0.2) is 0 Å². The highest BCUT2D eigenvalue weighted by atomic mass is 16.5. The van der Waals surface area contributed by atoms with Crippen molar-refractivity contribution in [3.05, 3.63) is 64.5 Å². The lowest BCUT2D eigenvalue weighted by Gasteiger charge is -2.08. The summed E-state index contributed by atoms with van der Waals surface area (Å²) < 4.78 is 11.2. The van der Waals surface area contributed by atoms with Crippen molar-refractivity contribution in [2.45, 2.75) is 13.8 Å². The summed E-state index contributed by atoms with van der Waals surface area (Å²) >= 11 is 0. The number of hydrogen-bond acceptors (Lipinski definition) is 3. The molecule has 21 heavy (non-hydrogen) atoms. The van der Waals surface area contributed by atoms with Gasteiger partial charge in [0.1, 0.15) is 17.6 Å². The normalized spacial score (nSPS) is 10.8. The standard InChI is InChI=1S/C18H16O3/c1-3-20-14-9-12(2)17-16(10-14)21-11-15(18(17)19)13-7-5-4-6-8-13/h4-11H,3H2,1-2H3. The Morgan fingerprint density at radius 3 is 2.62 bits per heavy atom. The third-order valence-corrected chi connectivity index (χ3v) is 3.44. The Balaban J connectivity index is 2.25. The van der Waals surface area contributed by atoms with Crippen LogP contribution < -0.4 is 10.2 Å². The van der Waals surface area contributed by atoms with Crippen molar-refractivity contribution < 1.29 is 9.15 Å². The summed E-state index contributed by atoms with van der Waals surface area (Å²) in [4.78, 5) is 12.7. The minimum atomic E-state index is -0.0111. The maximum absolute atomic E-state index is 12.7. The van der Waals surface area contributed by atoms with Gasteiger partial charge in [-0.15, -0.1) is 0 Å². The molecular formula is C18H16O3. The molecule has 3 aromatic rings. The van der Waals surface area contributed by atoms with Crippen molar-refractivity contribution in [1.29, 1.82) is 0 Å². The smallest absolute Gasteiger partial charge is 0.200 e. The lowest BCUT2D eigenvalue weighted by molar-refractivity contribution is 0.340. The van der Waals surface area contributed by atoms with Crippen LogP contribution >= 0.6 is 0 Å². The van der Waals surface area contributed by atoms with Crippen LogP contribution in [0.15, 0.2) is 57.9 Å². The Kier molecular flexibility index (Phi) is 3.48. The second-order valence-electron chi connectivity index (χ2n) is 4.89. The molecule has 1 aromatic heterocycles. The van der Waals surface area contributed by atoms with E-state index in [1.54, 1.807) is 6.07 Å². The molecule has 0 unspecified atom stereocenters. The van der Waals surface area contributed by atoms with Crippen LogP contribution in [0.5, 0.6) is 5.75 Å². The third kappa shape index (κ3) is 2.42. The minimum Gasteiger partial charge on any atom is -0.494 e. The maximum Gasteiger partial charge on any atom is 0.200 e. The second kappa shape index (κ2) is 5.44. The first-order valence-electron chi connectivity index (χ1n) is 6.95. The van der Waals surface area contributed by atoms with E-state index in [0.29, 0.717) is 23.1 Å². The molecule has 0 spiro atoms. The van der Waals surface area contributed by atoms with E-state index in [9.17, 15) is 4.79 Å². The molecule has 3 nitrogen and oxygen atoms in total. The zero-order chi connectivity index (χ0) is 14.8. The van der Waals surface area contributed by atoms with Gasteiger partial charge >= 0.3 is 0 Å². The fraction of sp³-hybridized carbons (Fsp3) is 0.167. The highest BCUT2D eigenvalue weighted by Crippen LogP contribution is 2.25. The Labute approximate surface area is 122 Å². The van der Waals surface area contributed by atoms with Crippen LogP contribution in [0.4, 0.5) is 0 Å². The van der Waals surface area contributed by atoms with Crippen LogP contribution in [0.1, 0.15) is 12.5 Å². The van der Waals surface area contributed by atoms with Gasteiger partial charge in [-0.2, -0.15) is 0 Å². The fourth-order valence-electron chi connectivity index (χ4n) is 2.48. The molecule has 3 heteroatoms. The molecule has 3 rings (SSSR count). The number of ether oxygens (including phenoxy) is 1. The highest BCUT2D eigenvalue weighted by molar-refractivity contribution is 5.85. The molecule has 1 heterocycles. The van der Waals surface area contributed by atoms with E-state index < -0.39 is 0 Å². The molecule has 0 saturated carbocycles. The fourth-order valence-corrected chi connectivity index (χ4v) is 2.48. The average Bonchev–Trinajstić information content (AvgIpc) is 2.48. The van der Waals surface area contributed by atoms with Crippen molar-refractivity contribution >= 4 is 11.0 Å². The summed E-state index contributed by atoms with van der Waals surface area (Å²) in [7, 11) is 0. The zero-order valence-electron chi connectivity index (χ0n) is 12.1. The predicted molar refractivity (Wildman–Crippen MR) is 83.8 cm³/mol. The van der Waals surface area contributed by atoms with Crippen LogP contribution in [-0.2, 0) is 0 Å². The lowest BCUT2D eigenvalue weighted by atomic mass is 10.0. The Morgan fingerprint density at radius 1 is 1.14 bits per heavy atom. The molecule has 0 bridgehead atoms. The molecular weight excluding hydrogens is 264 g/mol. The molecule has 0 N–H and O–H groups in total. The first-order chi connectivity index (χ1) is 10.2. The molecule has 0 amide bonds. The van der Waals surface area contributed by atoms with Gasteiger partial charge in [0.15, 0.2) is 0 Å². The second-order valence-corrected chi connectivity index (χ2v) is 4.89. The highest BCUT2D eigenvalue weighted by Gasteiger charge is 2.12. The lowest BCUT2D eigenvalue weighted by Crippen LogP contribution is -2.06. The number of fused-ring (bicyclic) bond motifs is 1. The van der Waals surface area contributed by atoms with Gasteiger partial charge < -0.3 is 9.15 Å². The predicted octanol–water partition coefficient (Wildman–Crippen LogP) is 4.17. The summed E-state index contributed by atoms with van der Waals surface area (Å²) in [5, 5.41) is 0.611. The van der Waals surface area contributed by atoms with Crippen LogP contribution in [0, 0.1) is 6.92 Å². The molecule has 2 aromatic carbocycles. The van der Waals surface area contributed by atoms with Gasteiger partial charge in [0.25, 0.3) is 0 Å². The average molecular weight is 280 g/mol. The SMILES string of the molecule is CCOc1cc(C)c2c(=O)c(-c3ccccc3)coc2c1. The van der Waals surface area contributed by atoms with E-state index in [4.69, 9.17) is 9.15 Å². The molecule has 0 aliphatic heterocycles. The van der Waals surface area contributed by atoms with Gasteiger partial charge in [-0.1, -0.05) is 30.3 Å². The summed E-state index contributed by atoms with van der Waals surface area (Å²) in [6.45, 7) is 4.40. The molecule has 0 aliphatic carbocycles. The number of hydrogen-bond donors (Lipinski definition) is 0. The number of rotatable bonds is 3. The van der Waals surface area contributed by atoms with Gasteiger partial charge in [0, 0.05) is 6.07 Å². The van der Waals surface area contributed by atoms with Crippen molar-refractivity contribution in [3.8, 4) is 16.9 Å². The molecule has 0 atom stereocenters. The van der Waals surface area contributed by atoms with E-state index in [1.807, 2.05) is 50.2 Å². The van der Waals surface area contributed by atoms with Crippen molar-refractivity contribution in [3.63, 3.8) is 0 Å². The summed E-state index contributed by atoms with van der Waals surface area (Å²) in [5.41, 5.74) is 2.85. The van der Waals surface area contributed by atoms with Crippen LogP contribution in [0.2, 0.25) is 0 Å². The molecule has 0 radical (unpaired) electrons. The first-order valence-corrected chi connectivity index (χ1v) is 6.95. The monoisotopic (exact) mass is 280 g/mol. The van der Waals surface area contributed by atoms with E-state index in [2.05, 4.69) is 0 Å². The van der Waals surface area contributed by atoms with Crippen molar-refractivity contribution in [1.82, 2.24) is 0 Å².